The van der Waals surface area contributed by atoms with E-state index < -0.39 is 17.8 Å². The summed E-state index contributed by atoms with van der Waals surface area (Å²) in [4.78, 5) is 41.5. The molecule has 0 atom stereocenters. The van der Waals surface area contributed by atoms with Gasteiger partial charge in [-0.15, -0.1) is 0 Å². The summed E-state index contributed by atoms with van der Waals surface area (Å²) in [6, 6.07) is 7.64. The summed E-state index contributed by atoms with van der Waals surface area (Å²) in [6.45, 7) is 4.24. The number of allylic oxidation sites excluding steroid dienone is 4. The second kappa shape index (κ2) is 7.94. The maximum Gasteiger partial charge on any atom is 0.333 e. The first-order valence-corrected chi connectivity index (χ1v) is 9.99. The predicted molar refractivity (Wildman–Crippen MR) is 119 cm³/mol. The van der Waals surface area contributed by atoms with Gasteiger partial charge in [0, 0.05) is 33.9 Å². The number of hydrogen-bond donors (Lipinski definition) is 0. The average molecular weight is 408 g/mol. The van der Waals surface area contributed by atoms with Gasteiger partial charge in [-0.2, -0.15) is 0 Å². The Hall–Kier alpha value is -3.15. The van der Waals surface area contributed by atoms with E-state index in [1.807, 2.05) is 32.3 Å². The molecule has 6 nitrogen and oxygen atoms in total. The van der Waals surface area contributed by atoms with Crippen molar-refractivity contribution in [2.24, 2.45) is 5.41 Å². The van der Waals surface area contributed by atoms with Crippen LogP contribution in [0.25, 0.3) is 6.08 Å². The first-order chi connectivity index (χ1) is 14.0. The molecule has 4 amide bonds. The highest BCUT2D eigenvalue weighted by atomic mass is 16.2. The molecule has 0 radical (unpaired) electrons. The summed E-state index contributed by atoms with van der Waals surface area (Å²) in [6.07, 6.45) is 7.45. The first-order valence-electron chi connectivity index (χ1n) is 9.99. The third kappa shape index (κ3) is 4.22. The molecule has 2 aliphatic rings. The van der Waals surface area contributed by atoms with E-state index in [9.17, 15) is 14.4 Å². The van der Waals surface area contributed by atoms with Gasteiger partial charge in [0.2, 0.25) is 0 Å². The molecular weight excluding hydrogens is 378 g/mol. The number of nitrogens with zero attached hydrogens (tertiary/aromatic N) is 3. The molecule has 3 rings (SSSR count). The van der Waals surface area contributed by atoms with Crippen LogP contribution in [0.5, 0.6) is 0 Å². The lowest BCUT2D eigenvalue weighted by Gasteiger charge is -2.34. The fourth-order valence-electron chi connectivity index (χ4n) is 3.91. The molecule has 1 aliphatic carbocycles. The van der Waals surface area contributed by atoms with Crippen molar-refractivity contribution in [1.82, 2.24) is 9.80 Å². The zero-order chi connectivity index (χ0) is 22.2. The molecule has 0 unspecified atom stereocenters. The van der Waals surface area contributed by atoms with Gasteiger partial charge < -0.3 is 4.90 Å². The van der Waals surface area contributed by atoms with Crippen molar-refractivity contribution < 1.29 is 14.4 Å². The number of benzene rings is 1. The summed E-state index contributed by atoms with van der Waals surface area (Å²) >= 11 is 0. The van der Waals surface area contributed by atoms with Gasteiger partial charge in [-0.25, -0.2) is 4.79 Å². The van der Waals surface area contributed by atoms with Crippen LogP contribution in [-0.4, -0.2) is 55.8 Å². The smallest absolute Gasteiger partial charge is 0.333 e. The molecule has 0 saturated carbocycles. The van der Waals surface area contributed by atoms with Crippen LogP contribution < -0.4 is 4.90 Å². The Balaban J connectivity index is 1.97. The molecule has 0 N–H and O–H groups in total. The Bertz CT molecular complexity index is 955. The van der Waals surface area contributed by atoms with E-state index >= 15 is 0 Å². The number of amides is 4. The van der Waals surface area contributed by atoms with E-state index in [0.29, 0.717) is 12.0 Å². The largest absolute Gasteiger partial charge is 0.378 e. The number of likely N-dealkylation sites (N-methyl/N-ethyl adjacent to an activating group) is 2. The van der Waals surface area contributed by atoms with Crippen LogP contribution in [0.4, 0.5) is 10.5 Å². The first kappa shape index (κ1) is 21.6. The topological polar surface area (TPSA) is 60.9 Å². The lowest BCUT2D eigenvalue weighted by atomic mass is 9.73. The highest BCUT2D eigenvalue weighted by molar-refractivity contribution is 6.29. The van der Waals surface area contributed by atoms with E-state index in [2.05, 4.69) is 43.0 Å². The standard InChI is InChI=1S/C24H29N3O3/c1-24(2)14-17(8-7-16-9-11-19(12-10-16)25(3)4)13-18(15-24)20-21(28)26(5)23(30)27(6)22(20)29/h7-13H,14-15H2,1-6H3/b8-7+. The minimum absolute atomic E-state index is 0.0913. The van der Waals surface area contributed by atoms with E-state index in [4.69, 9.17) is 0 Å². The van der Waals surface area contributed by atoms with Crippen molar-refractivity contribution in [2.45, 2.75) is 26.7 Å². The highest BCUT2D eigenvalue weighted by Gasteiger charge is 2.41. The number of carbonyl (C=O) groups is 3. The monoisotopic (exact) mass is 407 g/mol. The van der Waals surface area contributed by atoms with Crippen LogP contribution in [0.1, 0.15) is 32.3 Å². The Morgan fingerprint density at radius 3 is 2.00 bits per heavy atom. The second-order valence-corrected chi connectivity index (χ2v) is 8.97. The number of anilines is 1. The molecule has 6 heteroatoms. The Labute approximate surface area is 178 Å². The van der Waals surface area contributed by atoms with E-state index in [1.165, 1.54) is 14.1 Å². The number of rotatable bonds is 3. The Morgan fingerprint density at radius 2 is 1.47 bits per heavy atom. The third-order valence-electron chi connectivity index (χ3n) is 5.54. The quantitative estimate of drug-likeness (QED) is 0.564. The molecule has 1 aliphatic heterocycles. The number of urea groups is 1. The fourth-order valence-corrected chi connectivity index (χ4v) is 3.91. The third-order valence-corrected chi connectivity index (χ3v) is 5.54. The van der Waals surface area contributed by atoms with Gasteiger partial charge in [0.15, 0.2) is 0 Å². The van der Waals surface area contributed by atoms with Crippen molar-refractivity contribution in [2.75, 3.05) is 33.1 Å². The molecule has 1 aromatic carbocycles. The Kier molecular flexibility index (Phi) is 5.70. The van der Waals surface area contributed by atoms with E-state index in [-0.39, 0.29) is 11.0 Å². The van der Waals surface area contributed by atoms with Crippen molar-refractivity contribution in [3.8, 4) is 0 Å². The summed E-state index contributed by atoms with van der Waals surface area (Å²) < 4.78 is 0. The van der Waals surface area contributed by atoms with Crippen LogP contribution in [0.3, 0.4) is 0 Å². The van der Waals surface area contributed by atoms with E-state index in [1.54, 1.807) is 0 Å². The zero-order valence-electron chi connectivity index (χ0n) is 18.5. The molecular formula is C24H29N3O3. The maximum absolute atomic E-state index is 12.7. The summed E-state index contributed by atoms with van der Waals surface area (Å²) in [5.74, 6) is -1.07. The summed E-state index contributed by atoms with van der Waals surface area (Å²) in [5, 5.41) is 0. The fraction of sp³-hybridized carbons (Fsp3) is 0.375. The Morgan fingerprint density at radius 1 is 0.900 bits per heavy atom. The maximum atomic E-state index is 12.7. The number of carbonyl (C=O) groups excluding carboxylic acids is 3. The summed E-state index contributed by atoms with van der Waals surface area (Å²) in [5.41, 5.74) is 3.94. The SMILES string of the molecule is CN1C(=O)C(=C2C=C(/C=C/c3ccc(N(C)C)cc3)CC(C)(C)C2)C(=O)N(C)C1=O. The van der Waals surface area contributed by atoms with Gasteiger partial charge in [0.1, 0.15) is 5.57 Å². The van der Waals surface area contributed by atoms with Gasteiger partial charge in [0.05, 0.1) is 0 Å². The predicted octanol–water partition coefficient (Wildman–Crippen LogP) is 3.86. The summed E-state index contributed by atoms with van der Waals surface area (Å²) in [7, 11) is 6.82. The number of barbiturate groups is 1. The molecule has 1 fully saturated rings. The van der Waals surface area contributed by atoms with Crippen LogP contribution in [0.15, 0.2) is 53.1 Å². The normalized spacial score (nSPS) is 19.7. The molecule has 0 spiro atoms. The molecule has 1 aromatic rings. The lowest BCUT2D eigenvalue weighted by Crippen LogP contribution is -2.53. The second-order valence-electron chi connectivity index (χ2n) is 8.97. The van der Waals surface area contributed by atoms with Crippen molar-refractivity contribution in [3.63, 3.8) is 0 Å². The van der Waals surface area contributed by atoms with E-state index in [0.717, 1.165) is 33.0 Å². The van der Waals surface area contributed by atoms with Gasteiger partial charge in [-0.05, 0) is 47.1 Å². The van der Waals surface area contributed by atoms with Gasteiger partial charge in [-0.3, -0.25) is 19.4 Å². The van der Waals surface area contributed by atoms with Crippen LogP contribution in [0, 0.1) is 5.41 Å². The van der Waals surface area contributed by atoms with Crippen LogP contribution >= 0.6 is 0 Å². The van der Waals surface area contributed by atoms with Crippen molar-refractivity contribution in [1.29, 1.82) is 0 Å². The van der Waals surface area contributed by atoms with Gasteiger partial charge >= 0.3 is 6.03 Å². The molecule has 1 heterocycles. The molecule has 0 bridgehead atoms. The van der Waals surface area contributed by atoms with Crippen LogP contribution in [-0.2, 0) is 9.59 Å². The van der Waals surface area contributed by atoms with Gasteiger partial charge in [0.25, 0.3) is 11.8 Å². The van der Waals surface area contributed by atoms with Crippen molar-refractivity contribution >= 4 is 29.6 Å². The minimum Gasteiger partial charge on any atom is -0.378 e. The molecule has 30 heavy (non-hydrogen) atoms. The molecule has 1 saturated heterocycles. The number of imide groups is 2. The molecule has 158 valence electrons. The lowest BCUT2D eigenvalue weighted by molar-refractivity contribution is -0.134. The van der Waals surface area contributed by atoms with Crippen LogP contribution in [0.2, 0.25) is 0 Å². The number of hydrogen-bond acceptors (Lipinski definition) is 4. The molecule has 0 aromatic heterocycles. The minimum atomic E-state index is -0.602. The average Bonchev–Trinajstić information content (AvgIpc) is 2.68. The zero-order valence-corrected chi connectivity index (χ0v) is 18.5. The van der Waals surface area contributed by atoms with Gasteiger partial charge in [-0.1, -0.05) is 44.2 Å². The highest BCUT2D eigenvalue weighted by Crippen LogP contribution is 2.40. The van der Waals surface area contributed by atoms with Crippen molar-refractivity contribution in [3.05, 3.63) is 58.7 Å².